The summed E-state index contributed by atoms with van der Waals surface area (Å²) in [5.74, 6) is 0. The van der Waals surface area contributed by atoms with Gasteiger partial charge in [-0.25, -0.2) is 0 Å². The molecular weight excluding hydrogens is 255 g/mol. The summed E-state index contributed by atoms with van der Waals surface area (Å²) in [5.41, 5.74) is 3.21. The Morgan fingerprint density at radius 1 is 1.00 bits per heavy atom. The van der Waals surface area contributed by atoms with Gasteiger partial charge in [0, 0.05) is 5.69 Å². The summed E-state index contributed by atoms with van der Waals surface area (Å²) >= 11 is 12.1. The number of hydrogen-bond donors (Lipinski definition) is 1. The van der Waals surface area contributed by atoms with Crippen LogP contribution in [0.4, 0.5) is 17.1 Å². The molecule has 0 unspecified atom stereocenters. The van der Waals surface area contributed by atoms with Crippen LogP contribution in [0.5, 0.6) is 0 Å². The summed E-state index contributed by atoms with van der Waals surface area (Å²) in [4.78, 5) is 2.16. The highest BCUT2D eigenvalue weighted by Crippen LogP contribution is 2.41. The van der Waals surface area contributed by atoms with Gasteiger partial charge in [-0.1, -0.05) is 41.4 Å². The van der Waals surface area contributed by atoms with E-state index < -0.39 is 0 Å². The first-order valence-corrected chi connectivity index (χ1v) is 6.07. The molecule has 1 heterocycles. The van der Waals surface area contributed by atoms with Gasteiger partial charge in [0.25, 0.3) is 0 Å². The summed E-state index contributed by atoms with van der Waals surface area (Å²) in [5, 5.41) is 4.46. The molecule has 3 rings (SSSR count). The van der Waals surface area contributed by atoms with E-state index in [0.29, 0.717) is 10.0 Å². The highest BCUT2D eigenvalue weighted by atomic mass is 35.5. The van der Waals surface area contributed by atoms with E-state index in [2.05, 4.69) is 22.3 Å². The van der Waals surface area contributed by atoms with Gasteiger partial charge in [-0.15, -0.1) is 0 Å². The zero-order valence-corrected chi connectivity index (χ0v) is 10.5. The van der Waals surface area contributed by atoms with Gasteiger partial charge < -0.3 is 10.2 Å². The number of anilines is 3. The second kappa shape index (κ2) is 4.13. The third-order valence-electron chi connectivity index (χ3n) is 2.82. The maximum atomic E-state index is 6.06. The lowest BCUT2D eigenvalue weighted by atomic mass is 10.2. The lowest BCUT2D eigenvalue weighted by Gasteiger charge is -2.18. The van der Waals surface area contributed by atoms with Crippen molar-refractivity contribution in [3.8, 4) is 0 Å². The molecule has 2 nitrogen and oxygen atoms in total. The van der Waals surface area contributed by atoms with Gasteiger partial charge in [-0.3, -0.25) is 0 Å². The van der Waals surface area contributed by atoms with Gasteiger partial charge in [0.05, 0.1) is 28.1 Å². The van der Waals surface area contributed by atoms with Crippen molar-refractivity contribution in [2.45, 2.75) is 0 Å². The van der Waals surface area contributed by atoms with E-state index in [1.54, 1.807) is 0 Å². The summed E-state index contributed by atoms with van der Waals surface area (Å²) in [7, 11) is 0. The van der Waals surface area contributed by atoms with Gasteiger partial charge in [0.1, 0.15) is 0 Å². The standard InChI is InChI=1S/C13H10Cl2N2/c14-10-6-12-13(7-11(10)15)17(8-16-12)9-4-2-1-3-5-9/h1-7,16H,8H2. The van der Waals surface area contributed by atoms with Crippen LogP contribution in [0.1, 0.15) is 0 Å². The van der Waals surface area contributed by atoms with Crippen LogP contribution in [0.15, 0.2) is 42.5 Å². The van der Waals surface area contributed by atoms with E-state index in [9.17, 15) is 0 Å². The molecule has 2 aromatic carbocycles. The van der Waals surface area contributed by atoms with Crippen molar-refractivity contribution in [2.24, 2.45) is 0 Å². The molecule has 0 fully saturated rings. The third kappa shape index (κ3) is 1.84. The van der Waals surface area contributed by atoms with Crippen molar-refractivity contribution < 1.29 is 0 Å². The Hall–Kier alpha value is -1.38. The maximum Gasteiger partial charge on any atom is 0.0926 e. The molecule has 0 saturated heterocycles. The van der Waals surface area contributed by atoms with E-state index in [-0.39, 0.29) is 0 Å². The van der Waals surface area contributed by atoms with Crippen molar-refractivity contribution in [3.63, 3.8) is 0 Å². The normalized spacial score (nSPS) is 13.4. The van der Waals surface area contributed by atoms with Crippen molar-refractivity contribution in [1.29, 1.82) is 0 Å². The zero-order chi connectivity index (χ0) is 11.8. The first kappa shape index (κ1) is 10.8. The topological polar surface area (TPSA) is 15.3 Å². The Bertz CT molecular complexity index is 555. The summed E-state index contributed by atoms with van der Waals surface area (Å²) < 4.78 is 0. The van der Waals surface area contributed by atoms with Gasteiger partial charge in [-0.2, -0.15) is 0 Å². The molecule has 86 valence electrons. The molecule has 0 aliphatic carbocycles. The second-order valence-electron chi connectivity index (χ2n) is 3.88. The Balaban J connectivity index is 2.07. The third-order valence-corrected chi connectivity index (χ3v) is 3.55. The first-order chi connectivity index (χ1) is 8.25. The van der Waals surface area contributed by atoms with E-state index in [1.165, 1.54) is 0 Å². The van der Waals surface area contributed by atoms with Crippen LogP contribution in [-0.4, -0.2) is 6.67 Å². The van der Waals surface area contributed by atoms with Crippen LogP contribution in [0.3, 0.4) is 0 Å². The molecule has 4 heteroatoms. The van der Waals surface area contributed by atoms with Gasteiger partial charge >= 0.3 is 0 Å². The fraction of sp³-hybridized carbons (Fsp3) is 0.0769. The lowest BCUT2D eigenvalue weighted by Crippen LogP contribution is -2.16. The SMILES string of the molecule is Clc1cc2c(cc1Cl)N(c1ccccc1)CN2. The Kier molecular flexibility index (Phi) is 2.61. The molecule has 1 N–H and O–H groups in total. The monoisotopic (exact) mass is 264 g/mol. The number of halogens is 2. The van der Waals surface area contributed by atoms with Crippen LogP contribution >= 0.6 is 23.2 Å². The quantitative estimate of drug-likeness (QED) is 0.815. The van der Waals surface area contributed by atoms with Gasteiger partial charge in [0.2, 0.25) is 0 Å². The predicted molar refractivity (Wildman–Crippen MR) is 73.5 cm³/mol. The largest absolute Gasteiger partial charge is 0.366 e. The highest BCUT2D eigenvalue weighted by Gasteiger charge is 2.21. The zero-order valence-electron chi connectivity index (χ0n) is 8.95. The summed E-state index contributed by atoms with van der Waals surface area (Å²) in [6, 6.07) is 13.9. The van der Waals surface area contributed by atoms with Crippen LogP contribution in [0.2, 0.25) is 10.0 Å². The Labute approximate surface area is 110 Å². The Morgan fingerprint density at radius 2 is 1.71 bits per heavy atom. The summed E-state index contributed by atoms with van der Waals surface area (Å²) in [6.45, 7) is 0.732. The van der Waals surface area contributed by atoms with E-state index in [4.69, 9.17) is 23.2 Å². The highest BCUT2D eigenvalue weighted by molar-refractivity contribution is 6.42. The molecule has 0 bridgehead atoms. The predicted octanol–water partition coefficient (Wildman–Crippen LogP) is 4.51. The van der Waals surface area contributed by atoms with E-state index in [1.807, 2.05) is 30.3 Å². The second-order valence-corrected chi connectivity index (χ2v) is 4.70. The molecule has 1 aliphatic heterocycles. The molecule has 0 saturated carbocycles. The lowest BCUT2D eigenvalue weighted by molar-refractivity contribution is 1.10. The minimum atomic E-state index is 0.577. The van der Waals surface area contributed by atoms with Crippen LogP contribution in [0.25, 0.3) is 0 Å². The van der Waals surface area contributed by atoms with Crippen molar-refractivity contribution in [3.05, 3.63) is 52.5 Å². The molecular formula is C13H10Cl2N2. The maximum absolute atomic E-state index is 6.06. The van der Waals surface area contributed by atoms with Crippen molar-refractivity contribution in [2.75, 3.05) is 16.9 Å². The fourth-order valence-electron chi connectivity index (χ4n) is 1.99. The molecule has 1 aliphatic rings. The Morgan fingerprint density at radius 3 is 2.47 bits per heavy atom. The van der Waals surface area contributed by atoms with Crippen LogP contribution in [-0.2, 0) is 0 Å². The average Bonchev–Trinajstić information content (AvgIpc) is 2.74. The molecule has 2 aromatic rings. The van der Waals surface area contributed by atoms with Crippen LogP contribution < -0.4 is 10.2 Å². The smallest absolute Gasteiger partial charge is 0.0926 e. The molecule has 0 spiro atoms. The van der Waals surface area contributed by atoms with Crippen molar-refractivity contribution in [1.82, 2.24) is 0 Å². The fourth-order valence-corrected chi connectivity index (χ4v) is 2.31. The number of nitrogens with zero attached hydrogens (tertiary/aromatic N) is 1. The number of fused-ring (bicyclic) bond motifs is 1. The molecule has 0 amide bonds. The summed E-state index contributed by atoms with van der Waals surface area (Å²) in [6.07, 6.45) is 0. The number of benzene rings is 2. The molecule has 0 radical (unpaired) electrons. The number of nitrogens with one attached hydrogen (secondary N) is 1. The number of hydrogen-bond acceptors (Lipinski definition) is 2. The minimum Gasteiger partial charge on any atom is -0.366 e. The van der Waals surface area contributed by atoms with E-state index in [0.717, 1.165) is 23.7 Å². The van der Waals surface area contributed by atoms with Gasteiger partial charge in [-0.05, 0) is 24.3 Å². The molecule has 17 heavy (non-hydrogen) atoms. The van der Waals surface area contributed by atoms with E-state index >= 15 is 0 Å². The first-order valence-electron chi connectivity index (χ1n) is 5.31. The van der Waals surface area contributed by atoms with Crippen LogP contribution in [0, 0.1) is 0 Å². The molecule has 0 atom stereocenters. The average molecular weight is 265 g/mol. The number of rotatable bonds is 1. The minimum absolute atomic E-state index is 0.577. The number of para-hydroxylation sites is 1. The van der Waals surface area contributed by atoms with Crippen molar-refractivity contribution >= 4 is 40.3 Å². The molecule has 0 aromatic heterocycles. The van der Waals surface area contributed by atoms with Gasteiger partial charge in [0.15, 0.2) is 0 Å².